The standard InChI is InChI=1S/C23H20N6O2/c30-22-16-12-26-19-5-4-18(14-10-13-2-1-3-17(13)25-11-14)27-20(19)21(16)29(23(31)28-22)15-6-8-24-9-7-15/h1-2,4-5,10-12,15,24H,3,6-9H2,(H,28,30,31). The fraction of sp³-hybridized carbons (Fsp3) is 0.261. The van der Waals surface area contributed by atoms with E-state index >= 15 is 0 Å². The summed E-state index contributed by atoms with van der Waals surface area (Å²) in [5.41, 5.74) is 4.73. The van der Waals surface area contributed by atoms with Crippen molar-refractivity contribution < 1.29 is 0 Å². The van der Waals surface area contributed by atoms with Crippen LogP contribution in [-0.2, 0) is 6.42 Å². The van der Waals surface area contributed by atoms with Gasteiger partial charge in [-0.2, -0.15) is 0 Å². The van der Waals surface area contributed by atoms with Gasteiger partial charge in [-0.05, 0) is 49.7 Å². The molecule has 2 N–H and O–H groups in total. The molecule has 8 nitrogen and oxygen atoms in total. The van der Waals surface area contributed by atoms with E-state index in [1.807, 2.05) is 18.3 Å². The summed E-state index contributed by atoms with van der Waals surface area (Å²) in [6.45, 7) is 1.65. The third-order valence-corrected chi connectivity index (χ3v) is 6.19. The molecule has 0 amide bonds. The number of aromatic amines is 1. The molecule has 154 valence electrons. The Bertz CT molecular complexity index is 1490. The predicted molar refractivity (Wildman–Crippen MR) is 119 cm³/mol. The molecule has 1 aliphatic heterocycles. The van der Waals surface area contributed by atoms with Crippen LogP contribution in [0.2, 0.25) is 0 Å². The number of piperidine rings is 1. The quantitative estimate of drug-likeness (QED) is 0.489. The SMILES string of the molecule is O=c1[nH]c(=O)n(C2CCNCC2)c2c1cnc1ccc(-c3cnc4c(c3)C=CC4)nc12. The monoisotopic (exact) mass is 412 g/mol. The number of allylic oxidation sites excluding steroid dienone is 1. The summed E-state index contributed by atoms with van der Waals surface area (Å²) in [4.78, 5) is 41.8. The lowest BCUT2D eigenvalue weighted by atomic mass is 10.1. The fourth-order valence-electron chi connectivity index (χ4n) is 4.63. The second-order valence-electron chi connectivity index (χ2n) is 8.06. The van der Waals surface area contributed by atoms with Crippen molar-refractivity contribution in [3.63, 3.8) is 0 Å². The summed E-state index contributed by atoms with van der Waals surface area (Å²) >= 11 is 0. The lowest BCUT2D eigenvalue weighted by Crippen LogP contribution is -2.38. The molecule has 2 aliphatic rings. The molecule has 8 heteroatoms. The van der Waals surface area contributed by atoms with Crippen molar-refractivity contribution in [2.45, 2.75) is 25.3 Å². The first kappa shape index (κ1) is 18.1. The molecule has 1 saturated heterocycles. The van der Waals surface area contributed by atoms with Crippen LogP contribution < -0.4 is 16.6 Å². The molecule has 4 aromatic rings. The molecule has 0 spiro atoms. The highest BCUT2D eigenvalue weighted by atomic mass is 16.2. The second-order valence-corrected chi connectivity index (χ2v) is 8.06. The van der Waals surface area contributed by atoms with E-state index in [4.69, 9.17) is 4.98 Å². The Hall–Kier alpha value is -3.65. The van der Waals surface area contributed by atoms with Crippen molar-refractivity contribution in [2.75, 3.05) is 13.1 Å². The second kappa shape index (κ2) is 6.95. The zero-order valence-corrected chi connectivity index (χ0v) is 16.8. The first-order valence-electron chi connectivity index (χ1n) is 10.5. The van der Waals surface area contributed by atoms with Crippen molar-refractivity contribution in [1.29, 1.82) is 0 Å². The Balaban J connectivity index is 1.64. The van der Waals surface area contributed by atoms with E-state index in [-0.39, 0.29) is 6.04 Å². The molecule has 0 radical (unpaired) electrons. The molecule has 0 atom stereocenters. The number of rotatable bonds is 2. The summed E-state index contributed by atoms with van der Waals surface area (Å²) in [6.07, 6.45) is 9.99. The van der Waals surface area contributed by atoms with E-state index in [1.54, 1.807) is 4.57 Å². The number of fused-ring (bicyclic) bond motifs is 4. The van der Waals surface area contributed by atoms with Gasteiger partial charge in [0, 0.05) is 30.4 Å². The van der Waals surface area contributed by atoms with Gasteiger partial charge in [0.2, 0.25) is 0 Å². The average Bonchev–Trinajstić information content (AvgIpc) is 3.27. The summed E-state index contributed by atoms with van der Waals surface area (Å²) in [6, 6.07) is 5.86. The number of hydrogen-bond acceptors (Lipinski definition) is 6. The van der Waals surface area contributed by atoms with Crippen molar-refractivity contribution in [3.8, 4) is 11.3 Å². The van der Waals surface area contributed by atoms with E-state index in [2.05, 4.69) is 38.5 Å². The van der Waals surface area contributed by atoms with Gasteiger partial charge in [-0.25, -0.2) is 9.78 Å². The number of nitrogens with zero attached hydrogens (tertiary/aromatic N) is 4. The summed E-state index contributed by atoms with van der Waals surface area (Å²) in [7, 11) is 0. The van der Waals surface area contributed by atoms with Crippen molar-refractivity contribution in [1.82, 2.24) is 29.8 Å². The summed E-state index contributed by atoms with van der Waals surface area (Å²) in [5.74, 6) is 0. The van der Waals surface area contributed by atoms with Gasteiger partial charge in [0.25, 0.3) is 5.56 Å². The number of aromatic nitrogens is 5. The highest BCUT2D eigenvalue weighted by molar-refractivity contribution is 6.01. The number of hydrogen-bond donors (Lipinski definition) is 2. The van der Waals surface area contributed by atoms with Crippen LogP contribution in [0, 0.1) is 0 Å². The molecule has 31 heavy (non-hydrogen) atoms. The van der Waals surface area contributed by atoms with E-state index in [9.17, 15) is 9.59 Å². The smallest absolute Gasteiger partial charge is 0.317 e. The zero-order valence-electron chi connectivity index (χ0n) is 16.8. The molecular formula is C23H20N6O2. The van der Waals surface area contributed by atoms with Crippen LogP contribution in [0.15, 0.2) is 46.3 Å². The molecule has 6 rings (SSSR count). The van der Waals surface area contributed by atoms with Crippen LogP contribution >= 0.6 is 0 Å². The fourth-order valence-corrected chi connectivity index (χ4v) is 4.63. The zero-order chi connectivity index (χ0) is 20.9. The van der Waals surface area contributed by atoms with Crippen LogP contribution in [0.4, 0.5) is 0 Å². The third-order valence-electron chi connectivity index (χ3n) is 6.19. The predicted octanol–water partition coefficient (Wildman–Crippen LogP) is 2.19. The van der Waals surface area contributed by atoms with Gasteiger partial charge in [0.05, 0.1) is 27.8 Å². The highest BCUT2D eigenvalue weighted by Gasteiger charge is 2.22. The maximum Gasteiger partial charge on any atom is 0.329 e. The topological polar surface area (TPSA) is 106 Å². The average molecular weight is 412 g/mol. The van der Waals surface area contributed by atoms with Crippen LogP contribution in [0.25, 0.3) is 39.3 Å². The lowest BCUT2D eigenvalue weighted by Gasteiger charge is -2.26. The van der Waals surface area contributed by atoms with Gasteiger partial charge in [0.1, 0.15) is 5.52 Å². The minimum atomic E-state index is -0.434. The molecule has 4 aromatic heterocycles. The minimum Gasteiger partial charge on any atom is -0.317 e. The largest absolute Gasteiger partial charge is 0.329 e. The van der Waals surface area contributed by atoms with Crippen LogP contribution in [0.5, 0.6) is 0 Å². The van der Waals surface area contributed by atoms with E-state index < -0.39 is 11.2 Å². The molecule has 0 bridgehead atoms. The first-order chi connectivity index (χ1) is 15.2. The Kier molecular flexibility index (Phi) is 4.07. The van der Waals surface area contributed by atoms with Crippen LogP contribution in [0.3, 0.4) is 0 Å². The molecule has 1 aliphatic carbocycles. The Morgan fingerprint density at radius 2 is 1.94 bits per heavy atom. The molecule has 0 saturated carbocycles. The van der Waals surface area contributed by atoms with Gasteiger partial charge in [0.15, 0.2) is 0 Å². The third kappa shape index (κ3) is 2.90. The van der Waals surface area contributed by atoms with E-state index in [0.29, 0.717) is 21.9 Å². The van der Waals surface area contributed by atoms with E-state index in [0.717, 1.165) is 54.9 Å². The molecular weight excluding hydrogens is 392 g/mol. The van der Waals surface area contributed by atoms with Gasteiger partial charge in [-0.1, -0.05) is 12.2 Å². The first-order valence-corrected chi connectivity index (χ1v) is 10.5. The molecule has 1 fully saturated rings. The maximum atomic E-state index is 12.9. The van der Waals surface area contributed by atoms with Crippen LogP contribution in [0.1, 0.15) is 30.1 Å². The van der Waals surface area contributed by atoms with Crippen LogP contribution in [-0.4, -0.2) is 37.6 Å². The maximum absolute atomic E-state index is 12.9. The van der Waals surface area contributed by atoms with Crippen molar-refractivity contribution in [2.24, 2.45) is 0 Å². The number of H-pyrrole nitrogens is 1. The Morgan fingerprint density at radius 1 is 1.06 bits per heavy atom. The number of nitrogens with one attached hydrogen (secondary N) is 2. The Labute approximate surface area is 176 Å². The highest BCUT2D eigenvalue weighted by Crippen LogP contribution is 2.29. The minimum absolute atomic E-state index is 0.00375. The summed E-state index contributed by atoms with van der Waals surface area (Å²) < 4.78 is 1.71. The van der Waals surface area contributed by atoms with Gasteiger partial charge in [-0.15, -0.1) is 0 Å². The normalized spacial score (nSPS) is 16.3. The Morgan fingerprint density at radius 3 is 2.81 bits per heavy atom. The van der Waals surface area contributed by atoms with Crippen molar-refractivity contribution >= 4 is 28.0 Å². The molecule has 0 aromatic carbocycles. The molecule has 0 unspecified atom stereocenters. The van der Waals surface area contributed by atoms with Gasteiger partial charge < -0.3 is 5.32 Å². The lowest BCUT2D eigenvalue weighted by molar-refractivity contribution is 0.365. The summed E-state index contributed by atoms with van der Waals surface area (Å²) in [5, 5.41) is 3.70. The van der Waals surface area contributed by atoms with Gasteiger partial charge >= 0.3 is 5.69 Å². The molecule has 5 heterocycles. The van der Waals surface area contributed by atoms with Crippen molar-refractivity contribution in [3.05, 3.63) is 68.8 Å². The van der Waals surface area contributed by atoms with Gasteiger partial charge in [-0.3, -0.25) is 24.3 Å². The number of pyridine rings is 3. The van der Waals surface area contributed by atoms with E-state index in [1.165, 1.54) is 6.20 Å².